The molecule has 0 amide bonds. The normalized spacial score (nSPS) is 15.7. The Labute approximate surface area is 88.5 Å². The first-order valence-corrected chi connectivity index (χ1v) is 5.49. The second-order valence-corrected chi connectivity index (χ2v) is 4.15. The van der Waals surface area contributed by atoms with Crippen molar-refractivity contribution in [1.29, 1.82) is 0 Å². The van der Waals surface area contributed by atoms with E-state index in [-0.39, 0.29) is 0 Å². The molecule has 0 spiro atoms. The Morgan fingerprint density at radius 2 is 2.33 bits per heavy atom. The summed E-state index contributed by atoms with van der Waals surface area (Å²) in [5.74, 6) is 1.91. The molecule has 0 atom stereocenters. The van der Waals surface area contributed by atoms with Crippen LogP contribution in [0.1, 0.15) is 19.3 Å². The number of hydrogen-bond acceptors (Lipinski definition) is 3. The second-order valence-electron chi connectivity index (χ2n) is 4.15. The molecule has 0 bridgehead atoms. The minimum absolute atomic E-state index is 0.902. The Kier molecular flexibility index (Phi) is 2.09. The number of aromatic nitrogens is 1. The van der Waals surface area contributed by atoms with Crippen molar-refractivity contribution < 1.29 is 4.42 Å². The average molecular weight is 202 g/mol. The van der Waals surface area contributed by atoms with Crippen LogP contribution in [0.3, 0.4) is 0 Å². The van der Waals surface area contributed by atoms with E-state index in [1.54, 1.807) is 12.5 Å². The Hall–Kier alpha value is -1.51. The maximum atomic E-state index is 5.32. The first-order chi connectivity index (χ1) is 7.43. The molecule has 0 aliphatic heterocycles. The molecule has 1 aliphatic rings. The van der Waals surface area contributed by atoms with E-state index < -0.39 is 0 Å². The molecule has 0 unspecified atom stereocenters. The van der Waals surface area contributed by atoms with Crippen LogP contribution in [-0.2, 0) is 0 Å². The lowest BCUT2D eigenvalue weighted by Crippen LogP contribution is -2.03. The lowest BCUT2D eigenvalue weighted by Gasteiger charge is -2.04. The van der Waals surface area contributed by atoms with Gasteiger partial charge in [0, 0.05) is 12.7 Å². The first kappa shape index (κ1) is 8.77. The number of nitrogens with zero attached hydrogens (tertiary/aromatic N) is 1. The van der Waals surface area contributed by atoms with Gasteiger partial charge in [-0.2, -0.15) is 0 Å². The molecule has 0 aromatic carbocycles. The van der Waals surface area contributed by atoms with Crippen molar-refractivity contribution in [2.75, 3.05) is 11.9 Å². The van der Waals surface area contributed by atoms with Gasteiger partial charge in [0.2, 0.25) is 0 Å². The summed E-state index contributed by atoms with van der Waals surface area (Å²) in [5, 5.41) is 4.45. The van der Waals surface area contributed by atoms with Crippen LogP contribution in [0.4, 0.5) is 5.82 Å². The molecule has 0 saturated heterocycles. The van der Waals surface area contributed by atoms with E-state index in [0.29, 0.717) is 0 Å². The van der Waals surface area contributed by atoms with Crippen LogP contribution in [0.5, 0.6) is 0 Å². The summed E-state index contributed by atoms with van der Waals surface area (Å²) in [6.45, 7) is 1.02. The van der Waals surface area contributed by atoms with E-state index in [9.17, 15) is 0 Å². The van der Waals surface area contributed by atoms with Crippen LogP contribution in [0.25, 0.3) is 11.0 Å². The number of anilines is 1. The molecule has 3 nitrogen and oxygen atoms in total. The smallest absolute Gasteiger partial charge is 0.139 e. The van der Waals surface area contributed by atoms with Gasteiger partial charge >= 0.3 is 0 Å². The zero-order chi connectivity index (χ0) is 10.1. The number of nitrogens with one attached hydrogen (secondary N) is 1. The van der Waals surface area contributed by atoms with E-state index in [0.717, 1.165) is 29.2 Å². The average Bonchev–Trinajstić information content (AvgIpc) is 2.95. The van der Waals surface area contributed by atoms with E-state index >= 15 is 0 Å². The SMILES string of the molecule is c1cc2occc2c(NCCC2CC2)n1. The summed E-state index contributed by atoms with van der Waals surface area (Å²) >= 11 is 0. The van der Waals surface area contributed by atoms with Crippen molar-refractivity contribution in [3.05, 3.63) is 24.6 Å². The maximum absolute atomic E-state index is 5.32. The zero-order valence-electron chi connectivity index (χ0n) is 8.57. The standard InChI is InChI=1S/C12H14N2O/c1-2-9(1)3-6-13-12-10-5-8-15-11(10)4-7-14-12/h4-5,7-9H,1-3,6H2,(H,13,14). The fourth-order valence-electron chi connectivity index (χ4n) is 1.84. The first-order valence-electron chi connectivity index (χ1n) is 5.49. The minimum atomic E-state index is 0.902. The third kappa shape index (κ3) is 1.82. The highest BCUT2D eigenvalue weighted by molar-refractivity contribution is 5.87. The predicted octanol–water partition coefficient (Wildman–Crippen LogP) is 3.04. The van der Waals surface area contributed by atoms with E-state index in [4.69, 9.17) is 4.42 Å². The summed E-state index contributed by atoms with van der Waals surface area (Å²) in [6.07, 6.45) is 7.57. The summed E-state index contributed by atoms with van der Waals surface area (Å²) < 4.78 is 5.32. The van der Waals surface area contributed by atoms with Gasteiger partial charge in [0.15, 0.2) is 0 Å². The molecule has 2 aromatic rings. The zero-order valence-corrected chi connectivity index (χ0v) is 8.57. The van der Waals surface area contributed by atoms with Gasteiger partial charge in [-0.15, -0.1) is 0 Å². The van der Waals surface area contributed by atoms with Crippen molar-refractivity contribution in [3.63, 3.8) is 0 Å². The van der Waals surface area contributed by atoms with Crippen LogP contribution in [0.15, 0.2) is 29.0 Å². The van der Waals surface area contributed by atoms with Gasteiger partial charge in [0.05, 0.1) is 11.6 Å². The Bertz CT molecular complexity index is 459. The summed E-state index contributed by atoms with van der Waals surface area (Å²) in [6, 6.07) is 3.85. The summed E-state index contributed by atoms with van der Waals surface area (Å²) in [5.41, 5.74) is 0.902. The van der Waals surface area contributed by atoms with Crippen LogP contribution < -0.4 is 5.32 Å². The van der Waals surface area contributed by atoms with Crippen molar-refractivity contribution in [2.24, 2.45) is 5.92 Å². The van der Waals surface area contributed by atoms with Crippen LogP contribution >= 0.6 is 0 Å². The van der Waals surface area contributed by atoms with E-state index in [1.165, 1.54) is 19.3 Å². The molecule has 0 radical (unpaired) electrons. The molecule has 3 rings (SSSR count). The topological polar surface area (TPSA) is 38.1 Å². The van der Waals surface area contributed by atoms with Gasteiger partial charge in [-0.05, 0) is 24.5 Å². The molecule has 1 N–H and O–H groups in total. The summed E-state index contributed by atoms with van der Waals surface area (Å²) in [7, 11) is 0. The molecular weight excluding hydrogens is 188 g/mol. The largest absolute Gasteiger partial charge is 0.464 e. The molecular formula is C12H14N2O. The third-order valence-corrected chi connectivity index (χ3v) is 2.92. The van der Waals surface area contributed by atoms with Gasteiger partial charge in [0.1, 0.15) is 11.4 Å². The van der Waals surface area contributed by atoms with Gasteiger partial charge < -0.3 is 9.73 Å². The molecule has 1 aliphatic carbocycles. The highest BCUT2D eigenvalue weighted by atomic mass is 16.3. The monoisotopic (exact) mass is 202 g/mol. The quantitative estimate of drug-likeness (QED) is 0.828. The predicted molar refractivity (Wildman–Crippen MR) is 59.8 cm³/mol. The summed E-state index contributed by atoms with van der Waals surface area (Å²) in [4.78, 5) is 4.33. The van der Waals surface area contributed by atoms with Gasteiger partial charge in [-0.1, -0.05) is 12.8 Å². The maximum Gasteiger partial charge on any atom is 0.139 e. The molecule has 78 valence electrons. The van der Waals surface area contributed by atoms with Gasteiger partial charge in [0.25, 0.3) is 0 Å². The van der Waals surface area contributed by atoms with Crippen molar-refractivity contribution in [3.8, 4) is 0 Å². The Balaban J connectivity index is 1.74. The highest BCUT2D eigenvalue weighted by Crippen LogP contribution is 2.32. The second kappa shape index (κ2) is 3.57. The number of furan rings is 1. The Morgan fingerprint density at radius 3 is 3.20 bits per heavy atom. The van der Waals surface area contributed by atoms with Crippen molar-refractivity contribution in [2.45, 2.75) is 19.3 Å². The van der Waals surface area contributed by atoms with E-state index in [2.05, 4.69) is 10.3 Å². The minimum Gasteiger partial charge on any atom is -0.464 e. The molecule has 3 heteroatoms. The fourth-order valence-corrected chi connectivity index (χ4v) is 1.84. The Morgan fingerprint density at radius 1 is 1.40 bits per heavy atom. The van der Waals surface area contributed by atoms with Gasteiger partial charge in [-0.3, -0.25) is 0 Å². The third-order valence-electron chi connectivity index (χ3n) is 2.92. The lowest BCUT2D eigenvalue weighted by molar-refractivity contribution is 0.615. The number of pyridine rings is 1. The van der Waals surface area contributed by atoms with Gasteiger partial charge in [-0.25, -0.2) is 4.98 Å². The number of fused-ring (bicyclic) bond motifs is 1. The molecule has 2 heterocycles. The van der Waals surface area contributed by atoms with Crippen LogP contribution in [-0.4, -0.2) is 11.5 Å². The van der Waals surface area contributed by atoms with E-state index in [1.807, 2.05) is 12.1 Å². The highest BCUT2D eigenvalue weighted by Gasteiger charge is 2.20. The molecule has 1 fully saturated rings. The number of rotatable bonds is 4. The van der Waals surface area contributed by atoms with Crippen LogP contribution in [0.2, 0.25) is 0 Å². The fraction of sp³-hybridized carbons (Fsp3) is 0.417. The number of hydrogen-bond donors (Lipinski definition) is 1. The molecule has 15 heavy (non-hydrogen) atoms. The molecule has 1 saturated carbocycles. The van der Waals surface area contributed by atoms with Crippen molar-refractivity contribution in [1.82, 2.24) is 4.98 Å². The van der Waals surface area contributed by atoms with Crippen LogP contribution in [0, 0.1) is 5.92 Å². The van der Waals surface area contributed by atoms with Crippen molar-refractivity contribution >= 4 is 16.8 Å². The lowest BCUT2D eigenvalue weighted by atomic mass is 10.3. The molecule has 2 aromatic heterocycles.